The van der Waals surface area contributed by atoms with Gasteiger partial charge in [0.05, 0.1) is 4.90 Å². The van der Waals surface area contributed by atoms with Crippen molar-refractivity contribution in [3.05, 3.63) is 57.4 Å². The molecule has 0 fully saturated rings. The monoisotopic (exact) mass is 396 g/mol. The lowest BCUT2D eigenvalue weighted by molar-refractivity contribution is 0.402. The van der Waals surface area contributed by atoms with Crippen LogP contribution >= 0.6 is 15.9 Å². The molecule has 0 spiro atoms. The van der Waals surface area contributed by atoms with E-state index in [1.165, 1.54) is 6.07 Å². The van der Waals surface area contributed by atoms with Gasteiger partial charge in [0, 0.05) is 15.9 Å². The van der Waals surface area contributed by atoms with Gasteiger partial charge in [0.25, 0.3) is 0 Å². The third-order valence-corrected chi connectivity index (χ3v) is 5.44. The molecule has 0 aliphatic heterocycles. The van der Waals surface area contributed by atoms with Crippen molar-refractivity contribution in [1.82, 2.24) is 0 Å². The van der Waals surface area contributed by atoms with Crippen LogP contribution in [0.25, 0.3) is 11.0 Å². The quantitative estimate of drug-likeness (QED) is 0.509. The molecule has 2 N–H and O–H groups in total. The van der Waals surface area contributed by atoms with Crippen molar-refractivity contribution in [2.24, 2.45) is 0 Å². The number of halogens is 1. The highest BCUT2D eigenvalue weighted by Gasteiger charge is 2.24. The van der Waals surface area contributed by atoms with Crippen molar-refractivity contribution < 1.29 is 23.0 Å². The third-order valence-electron chi connectivity index (χ3n) is 3.21. The van der Waals surface area contributed by atoms with Gasteiger partial charge in [0.1, 0.15) is 5.58 Å². The van der Waals surface area contributed by atoms with Crippen molar-refractivity contribution in [2.75, 3.05) is 0 Å². The lowest BCUT2D eigenvalue weighted by atomic mass is 10.2. The molecule has 0 aliphatic carbocycles. The van der Waals surface area contributed by atoms with Crippen LogP contribution in [0.1, 0.15) is 0 Å². The van der Waals surface area contributed by atoms with Gasteiger partial charge in [-0.05, 0) is 36.4 Å². The van der Waals surface area contributed by atoms with Gasteiger partial charge in [-0.25, -0.2) is 13.2 Å². The zero-order valence-electron chi connectivity index (χ0n) is 11.4. The molecule has 3 aromatic rings. The van der Waals surface area contributed by atoms with E-state index in [1.54, 1.807) is 18.2 Å². The summed E-state index contributed by atoms with van der Waals surface area (Å²) in [6.45, 7) is 0. The summed E-state index contributed by atoms with van der Waals surface area (Å²) in [6, 6.07) is 9.03. The largest absolute Gasteiger partial charge is 0.504 e. The summed E-state index contributed by atoms with van der Waals surface area (Å²) >= 11 is 3.26. The molecule has 23 heavy (non-hydrogen) atoms. The smallest absolute Gasteiger partial charge is 0.355 e. The summed E-state index contributed by atoms with van der Waals surface area (Å²) in [7, 11) is -4.21. The number of aromatic hydroxyl groups is 2. The van der Waals surface area contributed by atoms with E-state index in [2.05, 4.69) is 15.9 Å². The molecule has 0 saturated heterocycles. The van der Waals surface area contributed by atoms with Gasteiger partial charge in [0.2, 0.25) is 9.84 Å². The topological polar surface area (TPSA) is 105 Å². The fraction of sp³-hybridized carbons (Fsp3) is 0. The molecule has 3 rings (SSSR count). The molecule has 6 nitrogen and oxygen atoms in total. The zero-order chi connectivity index (χ0) is 16.8. The van der Waals surface area contributed by atoms with Gasteiger partial charge in [-0.2, -0.15) is 0 Å². The number of hydrogen-bond donors (Lipinski definition) is 2. The van der Waals surface area contributed by atoms with Gasteiger partial charge < -0.3 is 14.6 Å². The van der Waals surface area contributed by atoms with Crippen molar-refractivity contribution >= 4 is 36.7 Å². The SMILES string of the molecule is O=c1oc2ccc(Br)cc2cc1S(=O)(=O)c1ccc(O)c(O)c1. The van der Waals surface area contributed by atoms with E-state index < -0.39 is 31.9 Å². The highest BCUT2D eigenvalue weighted by atomic mass is 79.9. The van der Waals surface area contributed by atoms with Crippen molar-refractivity contribution in [3.63, 3.8) is 0 Å². The standard InChI is InChI=1S/C15H9BrO6S/c16-9-1-4-13-8(5-9)6-14(15(19)22-13)23(20,21)10-2-3-11(17)12(18)7-10/h1-7,17-18H. The number of sulfone groups is 1. The first-order chi connectivity index (χ1) is 10.8. The Labute approximate surface area is 138 Å². The minimum atomic E-state index is -4.21. The number of phenolic OH excluding ortho intramolecular Hbond substituents is 2. The second-order valence-electron chi connectivity index (χ2n) is 4.73. The Balaban J connectivity index is 2.27. The number of hydrogen-bond acceptors (Lipinski definition) is 6. The van der Waals surface area contributed by atoms with E-state index in [4.69, 9.17) is 4.42 Å². The second kappa shape index (κ2) is 5.39. The first-order valence-corrected chi connectivity index (χ1v) is 8.57. The summed E-state index contributed by atoms with van der Waals surface area (Å²) in [5.41, 5.74) is -0.752. The predicted molar refractivity (Wildman–Crippen MR) is 85.4 cm³/mol. The molecule has 0 atom stereocenters. The van der Waals surface area contributed by atoms with E-state index in [9.17, 15) is 23.4 Å². The van der Waals surface area contributed by atoms with Crippen molar-refractivity contribution in [3.8, 4) is 11.5 Å². The highest BCUT2D eigenvalue weighted by Crippen LogP contribution is 2.30. The van der Waals surface area contributed by atoms with E-state index in [0.29, 0.717) is 9.86 Å². The lowest BCUT2D eigenvalue weighted by Crippen LogP contribution is -2.14. The zero-order valence-corrected chi connectivity index (χ0v) is 13.8. The van der Waals surface area contributed by atoms with Gasteiger partial charge >= 0.3 is 5.63 Å². The number of benzene rings is 2. The molecule has 0 radical (unpaired) electrons. The maximum atomic E-state index is 12.6. The van der Waals surface area contributed by atoms with Crippen LogP contribution in [-0.4, -0.2) is 18.6 Å². The molecular formula is C15H9BrO6S. The minimum Gasteiger partial charge on any atom is -0.504 e. The number of rotatable bonds is 2. The van der Waals surface area contributed by atoms with Crippen LogP contribution in [0.5, 0.6) is 11.5 Å². The molecule has 0 aliphatic rings. The number of phenols is 2. The van der Waals surface area contributed by atoms with Crippen LogP contribution < -0.4 is 5.63 Å². The maximum Gasteiger partial charge on any atom is 0.355 e. The van der Waals surface area contributed by atoms with Crippen LogP contribution in [0, 0.1) is 0 Å². The molecule has 0 unspecified atom stereocenters. The van der Waals surface area contributed by atoms with Crippen molar-refractivity contribution in [2.45, 2.75) is 9.79 Å². The summed E-state index contributed by atoms with van der Waals surface area (Å²) in [4.78, 5) is 11.1. The van der Waals surface area contributed by atoms with Gasteiger partial charge in [-0.1, -0.05) is 15.9 Å². The Bertz CT molecular complexity index is 1080. The Kier molecular flexibility index (Phi) is 3.65. The van der Waals surface area contributed by atoms with E-state index in [0.717, 1.165) is 18.2 Å². The Morgan fingerprint density at radius 1 is 0.957 bits per heavy atom. The molecule has 0 saturated carbocycles. The Morgan fingerprint density at radius 3 is 2.39 bits per heavy atom. The van der Waals surface area contributed by atoms with Crippen LogP contribution in [0.3, 0.4) is 0 Å². The molecular weight excluding hydrogens is 388 g/mol. The van der Waals surface area contributed by atoms with E-state index in [-0.39, 0.29) is 10.5 Å². The van der Waals surface area contributed by atoms with Crippen molar-refractivity contribution in [1.29, 1.82) is 0 Å². The summed E-state index contributed by atoms with van der Waals surface area (Å²) in [5.74, 6) is -1.06. The Hall–Kier alpha value is -2.32. The summed E-state index contributed by atoms with van der Waals surface area (Å²) < 4.78 is 30.9. The molecule has 2 aromatic carbocycles. The average Bonchev–Trinajstić information content (AvgIpc) is 2.49. The fourth-order valence-electron chi connectivity index (χ4n) is 2.06. The van der Waals surface area contributed by atoms with Gasteiger partial charge in [0.15, 0.2) is 16.4 Å². The predicted octanol–water partition coefficient (Wildman–Crippen LogP) is 2.80. The molecule has 0 amide bonds. The molecule has 1 aromatic heterocycles. The van der Waals surface area contributed by atoms with Crippen LogP contribution in [0.15, 0.2) is 65.9 Å². The average molecular weight is 397 g/mol. The third kappa shape index (κ3) is 2.71. The van der Waals surface area contributed by atoms with Gasteiger partial charge in [-0.3, -0.25) is 0 Å². The van der Waals surface area contributed by atoms with E-state index >= 15 is 0 Å². The molecule has 0 bridgehead atoms. The van der Waals surface area contributed by atoms with Crippen LogP contribution in [0.2, 0.25) is 0 Å². The summed E-state index contributed by atoms with van der Waals surface area (Å²) in [5, 5.41) is 19.2. The molecule has 118 valence electrons. The molecule has 8 heteroatoms. The normalized spacial score (nSPS) is 11.7. The maximum absolute atomic E-state index is 12.6. The Morgan fingerprint density at radius 2 is 1.70 bits per heavy atom. The first kappa shape index (κ1) is 15.6. The van der Waals surface area contributed by atoms with Gasteiger partial charge in [-0.15, -0.1) is 0 Å². The highest BCUT2D eigenvalue weighted by molar-refractivity contribution is 9.10. The summed E-state index contributed by atoms with van der Waals surface area (Å²) in [6.07, 6.45) is 0. The first-order valence-electron chi connectivity index (χ1n) is 6.29. The van der Waals surface area contributed by atoms with E-state index in [1.807, 2.05) is 0 Å². The second-order valence-corrected chi connectivity index (χ2v) is 7.57. The minimum absolute atomic E-state index is 0.255. The fourth-order valence-corrected chi connectivity index (χ4v) is 3.75. The number of fused-ring (bicyclic) bond motifs is 1. The lowest BCUT2D eigenvalue weighted by Gasteiger charge is -2.06. The van der Waals surface area contributed by atoms with Crippen LogP contribution in [-0.2, 0) is 9.84 Å². The molecule has 1 heterocycles. The van der Waals surface area contributed by atoms with Crippen LogP contribution in [0.4, 0.5) is 0 Å².